The standard InChI is InChI=1S/C13H9ClFN5/c1-7-2-3-8(15)11-9(6-17-20-12(7)11)18-10-4-5-16-13(14)19-10/h2-6H,1H3,(H,16,18,19,20). The SMILES string of the molecule is Cc1ccc(F)c2c(Nc3ccnc(Cl)n3)cnnc12. The lowest BCUT2D eigenvalue weighted by Crippen LogP contribution is -1.99. The number of halogens is 2. The molecule has 3 rings (SSSR count). The lowest BCUT2D eigenvalue weighted by Gasteiger charge is -2.09. The van der Waals surface area contributed by atoms with Gasteiger partial charge in [0, 0.05) is 6.20 Å². The van der Waals surface area contributed by atoms with Crippen LogP contribution in [0.4, 0.5) is 15.9 Å². The predicted octanol–water partition coefficient (Wildman–Crippen LogP) is 3.26. The van der Waals surface area contributed by atoms with Gasteiger partial charge in [-0.25, -0.2) is 14.4 Å². The molecule has 2 heterocycles. The molecule has 0 unspecified atom stereocenters. The predicted molar refractivity (Wildman–Crippen MR) is 74.6 cm³/mol. The van der Waals surface area contributed by atoms with Crippen LogP contribution < -0.4 is 5.32 Å². The van der Waals surface area contributed by atoms with Crippen LogP contribution in [-0.2, 0) is 0 Å². The van der Waals surface area contributed by atoms with Gasteiger partial charge in [-0.1, -0.05) is 6.07 Å². The summed E-state index contributed by atoms with van der Waals surface area (Å²) in [5.74, 6) is 0.0864. The molecule has 0 bridgehead atoms. The number of nitrogens with one attached hydrogen (secondary N) is 1. The molecule has 0 saturated heterocycles. The Kier molecular flexibility index (Phi) is 3.15. The van der Waals surface area contributed by atoms with E-state index in [4.69, 9.17) is 11.6 Å². The van der Waals surface area contributed by atoms with Gasteiger partial charge in [0.25, 0.3) is 0 Å². The third kappa shape index (κ3) is 2.25. The highest BCUT2D eigenvalue weighted by Gasteiger charge is 2.11. The van der Waals surface area contributed by atoms with Crippen molar-refractivity contribution in [2.75, 3.05) is 5.32 Å². The lowest BCUT2D eigenvalue weighted by atomic mass is 10.1. The number of benzene rings is 1. The minimum absolute atomic E-state index is 0.109. The maximum absolute atomic E-state index is 14.0. The van der Waals surface area contributed by atoms with Crippen molar-refractivity contribution in [1.29, 1.82) is 0 Å². The van der Waals surface area contributed by atoms with Gasteiger partial charge in [-0.2, -0.15) is 5.10 Å². The van der Waals surface area contributed by atoms with E-state index in [-0.39, 0.29) is 11.1 Å². The maximum Gasteiger partial charge on any atom is 0.224 e. The number of hydrogen-bond donors (Lipinski definition) is 1. The number of hydrogen-bond acceptors (Lipinski definition) is 5. The van der Waals surface area contributed by atoms with Gasteiger partial charge < -0.3 is 5.32 Å². The fourth-order valence-corrected chi connectivity index (χ4v) is 2.05. The van der Waals surface area contributed by atoms with Crippen LogP contribution in [0.2, 0.25) is 5.28 Å². The second kappa shape index (κ2) is 4.97. The molecule has 0 aliphatic carbocycles. The average molecular weight is 290 g/mol. The van der Waals surface area contributed by atoms with Gasteiger partial charge in [0.15, 0.2) is 0 Å². The summed E-state index contributed by atoms with van der Waals surface area (Å²) >= 11 is 5.72. The topological polar surface area (TPSA) is 63.6 Å². The fraction of sp³-hybridized carbons (Fsp3) is 0.0769. The normalized spacial score (nSPS) is 10.8. The minimum Gasteiger partial charge on any atom is -0.338 e. The van der Waals surface area contributed by atoms with E-state index < -0.39 is 0 Å². The highest BCUT2D eigenvalue weighted by molar-refractivity contribution is 6.28. The van der Waals surface area contributed by atoms with Gasteiger partial charge in [-0.05, 0) is 36.2 Å². The fourth-order valence-electron chi connectivity index (χ4n) is 1.90. The number of aryl methyl sites for hydroxylation is 1. The van der Waals surface area contributed by atoms with Gasteiger partial charge in [0.05, 0.1) is 17.3 Å². The summed E-state index contributed by atoms with van der Waals surface area (Å²) in [5.41, 5.74) is 1.83. The van der Waals surface area contributed by atoms with Crippen LogP contribution in [0.25, 0.3) is 10.9 Å². The number of nitrogens with zero attached hydrogens (tertiary/aromatic N) is 4. The van der Waals surface area contributed by atoms with E-state index >= 15 is 0 Å². The first-order valence-corrected chi connectivity index (χ1v) is 6.19. The first kappa shape index (κ1) is 12.7. The molecule has 3 aromatic rings. The van der Waals surface area contributed by atoms with E-state index in [2.05, 4.69) is 25.5 Å². The quantitative estimate of drug-likeness (QED) is 0.734. The Morgan fingerprint density at radius 2 is 2.10 bits per heavy atom. The van der Waals surface area contributed by atoms with Crippen molar-refractivity contribution in [3.05, 3.63) is 47.3 Å². The highest BCUT2D eigenvalue weighted by atomic mass is 35.5. The van der Waals surface area contributed by atoms with Crippen LogP contribution in [0, 0.1) is 12.7 Å². The van der Waals surface area contributed by atoms with E-state index in [0.717, 1.165) is 5.56 Å². The Labute approximate surface area is 118 Å². The Morgan fingerprint density at radius 3 is 2.90 bits per heavy atom. The van der Waals surface area contributed by atoms with E-state index in [1.165, 1.54) is 18.5 Å². The zero-order chi connectivity index (χ0) is 14.1. The molecule has 0 atom stereocenters. The highest BCUT2D eigenvalue weighted by Crippen LogP contribution is 2.27. The first-order valence-electron chi connectivity index (χ1n) is 5.81. The molecular weight excluding hydrogens is 281 g/mol. The molecule has 0 fully saturated rings. The molecule has 0 amide bonds. The molecule has 0 radical (unpaired) electrons. The van der Waals surface area contributed by atoms with E-state index in [9.17, 15) is 4.39 Å². The van der Waals surface area contributed by atoms with E-state index in [0.29, 0.717) is 22.4 Å². The second-order valence-electron chi connectivity index (χ2n) is 4.18. The van der Waals surface area contributed by atoms with Crippen LogP contribution in [0.1, 0.15) is 5.56 Å². The molecular formula is C13H9ClFN5. The zero-order valence-electron chi connectivity index (χ0n) is 10.4. The molecule has 1 N–H and O–H groups in total. The number of rotatable bonds is 2. The summed E-state index contributed by atoms with van der Waals surface area (Å²) in [6.45, 7) is 1.85. The number of anilines is 2. The van der Waals surface area contributed by atoms with Crippen molar-refractivity contribution in [2.45, 2.75) is 6.92 Å². The summed E-state index contributed by atoms with van der Waals surface area (Å²) in [4.78, 5) is 7.79. The van der Waals surface area contributed by atoms with Gasteiger partial charge in [0.1, 0.15) is 17.2 Å². The molecule has 1 aromatic carbocycles. The molecule has 5 nitrogen and oxygen atoms in total. The molecule has 0 saturated carbocycles. The monoisotopic (exact) mass is 289 g/mol. The third-order valence-corrected chi connectivity index (χ3v) is 3.01. The van der Waals surface area contributed by atoms with E-state index in [1.807, 2.05) is 6.92 Å². The van der Waals surface area contributed by atoms with Crippen LogP contribution in [0.3, 0.4) is 0 Å². The molecule has 100 valence electrons. The first-order chi connectivity index (χ1) is 9.65. The molecule has 2 aromatic heterocycles. The Morgan fingerprint density at radius 1 is 1.25 bits per heavy atom. The largest absolute Gasteiger partial charge is 0.338 e. The molecule has 7 heteroatoms. The summed E-state index contributed by atoms with van der Waals surface area (Å²) in [6.07, 6.45) is 2.96. The van der Waals surface area contributed by atoms with Crippen molar-refractivity contribution >= 4 is 34.0 Å². The van der Waals surface area contributed by atoms with Crippen LogP contribution in [0.15, 0.2) is 30.6 Å². The number of fused-ring (bicyclic) bond motifs is 1. The summed E-state index contributed by atoms with van der Waals surface area (Å²) in [6, 6.07) is 4.70. The van der Waals surface area contributed by atoms with Crippen molar-refractivity contribution in [3.8, 4) is 0 Å². The van der Waals surface area contributed by atoms with Crippen molar-refractivity contribution < 1.29 is 4.39 Å². The molecule has 0 aliphatic heterocycles. The van der Waals surface area contributed by atoms with Crippen LogP contribution in [0.5, 0.6) is 0 Å². The van der Waals surface area contributed by atoms with Gasteiger partial charge in [0.2, 0.25) is 5.28 Å². The van der Waals surface area contributed by atoms with Gasteiger partial charge >= 0.3 is 0 Å². The Hall–Kier alpha value is -2.34. The minimum atomic E-state index is -0.372. The zero-order valence-corrected chi connectivity index (χ0v) is 11.2. The van der Waals surface area contributed by atoms with Gasteiger partial charge in [-0.15, -0.1) is 5.10 Å². The average Bonchev–Trinajstić information content (AvgIpc) is 2.43. The van der Waals surface area contributed by atoms with Crippen molar-refractivity contribution in [1.82, 2.24) is 20.2 Å². The second-order valence-corrected chi connectivity index (χ2v) is 4.52. The van der Waals surface area contributed by atoms with Crippen molar-refractivity contribution in [2.24, 2.45) is 0 Å². The smallest absolute Gasteiger partial charge is 0.224 e. The van der Waals surface area contributed by atoms with Crippen LogP contribution >= 0.6 is 11.6 Å². The Balaban J connectivity index is 2.15. The summed E-state index contributed by atoms with van der Waals surface area (Å²) in [5, 5.41) is 11.3. The van der Waals surface area contributed by atoms with Crippen molar-refractivity contribution in [3.63, 3.8) is 0 Å². The summed E-state index contributed by atoms with van der Waals surface area (Å²) in [7, 11) is 0. The van der Waals surface area contributed by atoms with Crippen LogP contribution in [-0.4, -0.2) is 20.2 Å². The summed E-state index contributed by atoms with van der Waals surface area (Å²) < 4.78 is 14.0. The Bertz CT molecular complexity index is 793. The van der Waals surface area contributed by atoms with Gasteiger partial charge in [-0.3, -0.25) is 0 Å². The maximum atomic E-state index is 14.0. The number of aromatic nitrogens is 4. The molecule has 20 heavy (non-hydrogen) atoms. The molecule has 0 spiro atoms. The lowest BCUT2D eigenvalue weighted by molar-refractivity contribution is 0.639. The molecule has 0 aliphatic rings. The van der Waals surface area contributed by atoms with E-state index in [1.54, 1.807) is 12.1 Å². The third-order valence-electron chi connectivity index (χ3n) is 2.83.